The Morgan fingerprint density at radius 2 is 1.49 bits per heavy atom. The second-order valence-corrected chi connectivity index (χ2v) is 9.11. The van der Waals surface area contributed by atoms with Gasteiger partial charge in [-0.1, -0.05) is 60.7 Å². The standard InChI is InChI=1S/C30H29FN4O4/c1-38-28-13-12-24(20-25(28)31)29(36)33-14-16-34(17-15-33)30(37)39-19-18-35-27(23-10-6-3-7-11-23)21-26(32-35)22-8-4-2-5-9-22/h2-13,20-21H,14-19H2,1H3. The summed E-state index contributed by atoms with van der Waals surface area (Å²) in [5, 5.41) is 4.77. The largest absolute Gasteiger partial charge is 0.494 e. The van der Waals surface area contributed by atoms with Gasteiger partial charge in [0, 0.05) is 37.3 Å². The van der Waals surface area contributed by atoms with Gasteiger partial charge in [-0.3, -0.25) is 9.48 Å². The van der Waals surface area contributed by atoms with Gasteiger partial charge in [-0.15, -0.1) is 0 Å². The zero-order valence-corrected chi connectivity index (χ0v) is 21.6. The Hall–Kier alpha value is -4.66. The maximum Gasteiger partial charge on any atom is 0.409 e. The van der Waals surface area contributed by atoms with Gasteiger partial charge in [-0.05, 0) is 29.8 Å². The molecule has 2 heterocycles. The molecule has 8 nitrogen and oxygen atoms in total. The topological polar surface area (TPSA) is 76.9 Å². The summed E-state index contributed by atoms with van der Waals surface area (Å²) >= 11 is 0. The third kappa shape index (κ3) is 5.93. The van der Waals surface area contributed by atoms with Crippen LogP contribution in [0.25, 0.3) is 22.5 Å². The number of halogens is 1. The van der Waals surface area contributed by atoms with Crippen LogP contribution in [-0.4, -0.2) is 71.5 Å². The molecule has 2 amide bonds. The molecule has 4 aromatic rings. The number of ether oxygens (including phenoxy) is 2. The number of methoxy groups -OCH3 is 1. The predicted molar refractivity (Wildman–Crippen MR) is 145 cm³/mol. The molecule has 0 atom stereocenters. The Balaban J connectivity index is 1.17. The van der Waals surface area contributed by atoms with Gasteiger partial charge < -0.3 is 19.3 Å². The number of hydrogen-bond acceptors (Lipinski definition) is 5. The van der Waals surface area contributed by atoms with Crippen LogP contribution < -0.4 is 4.74 Å². The summed E-state index contributed by atoms with van der Waals surface area (Å²) < 4.78 is 26.4. The van der Waals surface area contributed by atoms with Gasteiger partial charge >= 0.3 is 6.09 Å². The number of piperazine rings is 1. The third-order valence-electron chi connectivity index (χ3n) is 6.67. The van der Waals surface area contributed by atoms with Crippen molar-refractivity contribution < 1.29 is 23.5 Å². The van der Waals surface area contributed by atoms with E-state index >= 15 is 0 Å². The summed E-state index contributed by atoms with van der Waals surface area (Å²) in [6, 6.07) is 26.1. The van der Waals surface area contributed by atoms with E-state index in [9.17, 15) is 14.0 Å². The average Bonchev–Trinajstić information content (AvgIpc) is 3.42. The molecule has 0 aliphatic carbocycles. The molecule has 39 heavy (non-hydrogen) atoms. The molecule has 1 aromatic heterocycles. The van der Waals surface area contributed by atoms with Crippen LogP contribution in [-0.2, 0) is 11.3 Å². The van der Waals surface area contributed by atoms with E-state index in [0.717, 1.165) is 22.5 Å². The van der Waals surface area contributed by atoms with Crippen molar-refractivity contribution in [2.45, 2.75) is 6.54 Å². The number of carbonyl (C=O) groups excluding carboxylic acids is 2. The number of rotatable bonds is 7. The first kappa shape index (κ1) is 26.0. The van der Waals surface area contributed by atoms with Crippen molar-refractivity contribution in [2.75, 3.05) is 39.9 Å². The highest BCUT2D eigenvalue weighted by Gasteiger charge is 2.26. The minimum atomic E-state index is -0.589. The van der Waals surface area contributed by atoms with Crippen molar-refractivity contribution in [2.24, 2.45) is 0 Å². The molecule has 0 saturated carbocycles. The van der Waals surface area contributed by atoms with Crippen molar-refractivity contribution in [3.8, 4) is 28.3 Å². The fourth-order valence-electron chi connectivity index (χ4n) is 4.56. The molecule has 0 bridgehead atoms. The van der Waals surface area contributed by atoms with Crippen molar-refractivity contribution in [3.63, 3.8) is 0 Å². The molecule has 1 saturated heterocycles. The molecule has 1 aliphatic heterocycles. The minimum absolute atomic E-state index is 0.0846. The fourth-order valence-corrected chi connectivity index (χ4v) is 4.56. The van der Waals surface area contributed by atoms with Crippen molar-refractivity contribution in [1.82, 2.24) is 19.6 Å². The molecule has 3 aromatic carbocycles. The van der Waals surface area contributed by atoms with E-state index < -0.39 is 11.9 Å². The number of hydrogen-bond donors (Lipinski definition) is 0. The quantitative estimate of drug-likeness (QED) is 0.339. The zero-order valence-electron chi connectivity index (χ0n) is 21.6. The van der Waals surface area contributed by atoms with Crippen LogP contribution in [0, 0.1) is 5.82 Å². The first-order valence-electron chi connectivity index (χ1n) is 12.8. The number of carbonyl (C=O) groups is 2. The highest BCUT2D eigenvalue weighted by Crippen LogP contribution is 2.26. The maximum absolute atomic E-state index is 14.0. The third-order valence-corrected chi connectivity index (χ3v) is 6.67. The van der Waals surface area contributed by atoms with E-state index in [-0.39, 0.29) is 23.8 Å². The Bertz CT molecular complexity index is 1430. The second kappa shape index (κ2) is 11.8. The van der Waals surface area contributed by atoms with Crippen LogP contribution >= 0.6 is 0 Å². The molecular formula is C30H29FN4O4. The van der Waals surface area contributed by atoms with E-state index in [1.165, 1.54) is 25.3 Å². The average molecular weight is 529 g/mol. The number of amides is 2. The van der Waals surface area contributed by atoms with E-state index in [2.05, 4.69) is 0 Å². The molecule has 5 rings (SSSR count). The van der Waals surface area contributed by atoms with E-state index in [0.29, 0.717) is 32.7 Å². The Labute approximate surface area is 226 Å². The summed E-state index contributed by atoms with van der Waals surface area (Å²) in [7, 11) is 1.37. The molecular weight excluding hydrogens is 499 g/mol. The van der Waals surface area contributed by atoms with Gasteiger partial charge in [0.15, 0.2) is 11.6 Å². The summed E-state index contributed by atoms with van der Waals surface area (Å²) in [5.74, 6) is -0.790. The highest BCUT2D eigenvalue weighted by atomic mass is 19.1. The van der Waals surface area contributed by atoms with Crippen molar-refractivity contribution in [1.29, 1.82) is 0 Å². The van der Waals surface area contributed by atoms with Gasteiger partial charge in [0.2, 0.25) is 0 Å². The van der Waals surface area contributed by atoms with Crippen LogP contribution in [0.2, 0.25) is 0 Å². The fraction of sp³-hybridized carbons (Fsp3) is 0.233. The number of benzene rings is 3. The van der Waals surface area contributed by atoms with Crippen LogP contribution in [0.4, 0.5) is 9.18 Å². The lowest BCUT2D eigenvalue weighted by Crippen LogP contribution is -2.50. The zero-order chi connectivity index (χ0) is 27.2. The maximum atomic E-state index is 14.0. The molecule has 0 spiro atoms. The SMILES string of the molecule is COc1ccc(C(=O)N2CCN(C(=O)OCCn3nc(-c4ccccc4)cc3-c3ccccc3)CC2)cc1F. The minimum Gasteiger partial charge on any atom is -0.494 e. The lowest BCUT2D eigenvalue weighted by molar-refractivity contribution is 0.0551. The molecule has 1 aliphatic rings. The molecule has 0 unspecified atom stereocenters. The summed E-state index contributed by atoms with van der Waals surface area (Å²) in [4.78, 5) is 28.7. The first-order valence-corrected chi connectivity index (χ1v) is 12.8. The lowest BCUT2D eigenvalue weighted by atomic mass is 10.1. The summed E-state index contributed by atoms with van der Waals surface area (Å²) in [6.07, 6.45) is -0.436. The van der Waals surface area contributed by atoms with Crippen LogP contribution in [0.15, 0.2) is 84.9 Å². The van der Waals surface area contributed by atoms with Crippen LogP contribution in [0.1, 0.15) is 10.4 Å². The van der Waals surface area contributed by atoms with Crippen molar-refractivity contribution >= 4 is 12.0 Å². The van der Waals surface area contributed by atoms with Gasteiger partial charge in [0.1, 0.15) is 6.61 Å². The van der Waals surface area contributed by atoms with E-state index in [1.807, 2.05) is 71.4 Å². The van der Waals surface area contributed by atoms with Gasteiger partial charge in [0.05, 0.1) is 25.0 Å². The van der Waals surface area contributed by atoms with E-state index in [4.69, 9.17) is 14.6 Å². The van der Waals surface area contributed by atoms with Crippen molar-refractivity contribution in [3.05, 3.63) is 96.3 Å². The first-order chi connectivity index (χ1) is 19.0. The molecule has 9 heteroatoms. The molecule has 0 N–H and O–H groups in total. The Kier molecular flexibility index (Phi) is 7.86. The summed E-state index contributed by atoms with van der Waals surface area (Å²) in [6.45, 7) is 1.87. The lowest BCUT2D eigenvalue weighted by Gasteiger charge is -2.34. The van der Waals surface area contributed by atoms with Crippen LogP contribution in [0.5, 0.6) is 5.75 Å². The Morgan fingerprint density at radius 3 is 2.13 bits per heavy atom. The number of aromatic nitrogens is 2. The van der Waals surface area contributed by atoms with Gasteiger partial charge in [-0.2, -0.15) is 5.10 Å². The molecule has 0 radical (unpaired) electrons. The van der Waals surface area contributed by atoms with Crippen LogP contribution in [0.3, 0.4) is 0 Å². The Morgan fingerprint density at radius 1 is 0.846 bits per heavy atom. The van der Waals surface area contributed by atoms with E-state index in [1.54, 1.807) is 9.80 Å². The van der Waals surface area contributed by atoms with Gasteiger partial charge in [0.25, 0.3) is 5.91 Å². The molecule has 200 valence electrons. The van der Waals surface area contributed by atoms with Gasteiger partial charge in [-0.25, -0.2) is 9.18 Å². The molecule has 1 fully saturated rings. The highest BCUT2D eigenvalue weighted by molar-refractivity contribution is 5.94. The second-order valence-electron chi connectivity index (χ2n) is 9.11. The summed E-state index contributed by atoms with van der Waals surface area (Å²) in [5.41, 5.74) is 4.06. The predicted octanol–water partition coefficient (Wildman–Crippen LogP) is 4.96. The monoisotopic (exact) mass is 528 g/mol. The number of nitrogens with zero attached hydrogens (tertiary/aromatic N) is 4. The normalized spacial score (nSPS) is 13.3. The smallest absolute Gasteiger partial charge is 0.409 e.